The van der Waals surface area contributed by atoms with Gasteiger partial charge in [-0.15, -0.1) is 0 Å². The molecule has 3 aromatic rings. The van der Waals surface area contributed by atoms with Crippen molar-refractivity contribution in [1.29, 1.82) is 0 Å². The summed E-state index contributed by atoms with van der Waals surface area (Å²) in [5.41, 5.74) is 1.10. The van der Waals surface area contributed by atoms with Crippen molar-refractivity contribution in [2.24, 2.45) is 0 Å². The quantitative estimate of drug-likeness (QED) is 0.710. The van der Waals surface area contributed by atoms with E-state index < -0.39 is 0 Å². The summed E-state index contributed by atoms with van der Waals surface area (Å²) in [6.45, 7) is 1.44. The van der Waals surface area contributed by atoms with Crippen molar-refractivity contribution in [3.8, 4) is 5.75 Å². The van der Waals surface area contributed by atoms with Gasteiger partial charge in [0.2, 0.25) is 5.91 Å². The number of amides is 1. The van der Waals surface area contributed by atoms with Crippen LogP contribution in [0.25, 0.3) is 10.8 Å². The number of hydrogen-bond acceptors (Lipinski definition) is 4. The summed E-state index contributed by atoms with van der Waals surface area (Å²) in [5, 5.41) is 10.7. The van der Waals surface area contributed by atoms with E-state index in [1.165, 1.54) is 5.39 Å². The lowest BCUT2D eigenvalue weighted by Gasteiger charge is -2.17. The van der Waals surface area contributed by atoms with Gasteiger partial charge in [0.15, 0.2) is 0 Å². The molecule has 6 nitrogen and oxygen atoms in total. The molecule has 0 aliphatic carbocycles. The van der Waals surface area contributed by atoms with Crippen LogP contribution in [0, 0.1) is 0 Å². The number of ether oxygens (including phenoxy) is 1. The van der Waals surface area contributed by atoms with Gasteiger partial charge in [-0.25, -0.2) is 0 Å². The number of nitrogens with zero attached hydrogens (tertiary/aromatic N) is 4. The zero-order valence-corrected chi connectivity index (χ0v) is 14.8. The molecule has 0 saturated carbocycles. The number of fused-ring (bicyclic) bond motifs is 1. The number of aryl methyl sites for hydroxylation is 1. The Morgan fingerprint density at radius 2 is 2.00 bits per heavy atom. The molecule has 1 aliphatic heterocycles. The Balaban J connectivity index is 1.46. The van der Waals surface area contributed by atoms with Crippen LogP contribution >= 0.6 is 0 Å². The van der Waals surface area contributed by atoms with Gasteiger partial charge in [-0.05, 0) is 29.7 Å². The Morgan fingerprint density at radius 3 is 2.81 bits per heavy atom. The van der Waals surface area contributed by atoms with Gasteiger partial charge < -0.3 is 9.64 Å². The summed E-state index contributed by atoms with van der Waals surface area (Å²) in [6.07, 6.45) is 5.40. The Hall–Kier alpha value is -2.89. The minimum absolute atomic E-state index is 0.176. The normalized spacial score (nSPS) is 17.0. The highest BCUT2D eigenvalue weighted by atomic mass is 16.5. The van der Waals surface area contributed by atoms with E-state index in [2.05, 4.69) is 28.4 Å². The molecule has 0 spiro atoms. The molecule has 1 saturated heterocycles. The molecular weight excluding hydrogens is 328 g/mol. The van der Waals surface area contributed by atoms with Crippen molar-refractivity contribution in [2.45, 2.75) is 25.3 Å². The van der Waals surface area contributed by atoms with E-state index in [0.717, 1.165) is 29.7 Å². The third-order valence-corrected chi connectivity index (χ3v) is 5.09. The first-order valence-electron chi connectivity index (χ1n) is 8.94. The second kappa shape index (κ2) is 7.15. The molecule has 6 heteroatoms. The fourth-order valence-corrected chi connectivity index (χ4v) is 3.73. The van der Waals surface area contributed by atoms with Crippen LogP contribution in [0.2, 0.25) is 0 Å². The van der Waals surface area contributed by atoms with Crippen LogP contribution in [0.4, 0.5) is 0 Å². The van der Waals surface area contributed by atoms with Crippen molar-refractivity contribution in [3.05, 3.63) is 54.4 Å². The van der Waals surface area contributed by atoms with E-state index in [-0.39, 0.29) is 11.9 Å². The highest BCUT2D eigenvalue weighted by molar-refractivity contribution is 5.88. The molecule has 1 aliphatic rings. The molecule has 1 unspecified atom stereocenters. The fraction of sp³-hybridized carbons (Fsp3) is 0.350. The largest absolute Gasteiger partial charge is 0.496 e. The van der Waals surface area contributed by atoms with Gasteiger partial charge in [0.05, 0.1) is 25.5 Å². The first kappa shape index (κ1) is 16.6. The maximum Gasteiger partial charge on any atom is 0.222 e. The maximum absolute atomic E-state index is 12.7. The van der Waals surface area contributed by atoms with Crippen molar-refractivity contribution in [3.63, 3.8) is 0 Å². The summed E-state index contributed by atoms with van der Waals surface area (Å²) < 4.78 is 5.53. The smallest absolute Gasteiger partial charge is 0.222 e. The van der Waals surface area contributed by atoms with Crippen molar-refractivity contribution in [1.82, 2.24) is 19.9 Å². The number of benzene rings is 2. The Kier molecular flexibility index (Phi) is 4.56. The van der Waals surface area contributed by atoms with E-state index in [9.17, 15) is 4.79 Å². The van der Waals surface area contributed by atoms with Gasteiger partial charge in [0, 0.05) is 25.1 Å². The summed E-state index contributed by atoms with van der Waals surface area (Å²) in [4.78, 5) is 16.3. The van der Waals surface area contributed by atoms with Gasteiger partial charge in [-0.3, -0.25) is 4.79 Å². The standard InChI is InChI=1S/C20H22N4O2/c1-26-19-8-6-15-4-2-3-5-17(15)18(19)7-9-20(25)23-13-10-16(14-23)24-21-11-12-22-24/h2-6,8,11-12,16H,7,9-10,13-14H2,1H3. The lowest BCUT2D eigenvalue weighted by molar-refractivity contribution is -0.130. The highest BCUT2D eigenvalue weighted by Crippen LogP contribution is 2.29. The zero-order chi connectivity index (χ0) is 17.9. The predicted molar refractivity (Wildman–Crippen MR) is 99.1 cm³/mol. The number of methoxy groups -OCH3 is 1. The lowest BCUT2D eigenvalue weighted by atomic mass is 9.99. The molecule has 1 amide bonds. The van der Waals surface area contributed by atoms with Crippen LogP contribution in [-0.2, 0) is 11.2 Å². The van der Waals surface area contributed by atoms with Gasteiger partial charge in [0.25, 0.3) is 0 Å². The van der Waals surface area contributed by atoms with Crippen LogP contribution in [-0.4, -0.2) is 46.0 Å². The summed E-state index contributed by atoms with van der Waals surface area (Å²) in [7, 11) is 1.68. The lowest BCUT2D eigenvalue weighted by Crippen LogP contribution is -2.29. The molecule has 2 heterocycles. The van der Waals surface area contributed by atoms with Crippen LogP contribution in [0.15, 0.2) is 48.8 Å². The Morgan fingerprint density at radius 1 is 1.19 bits per heavy atom. The molecule has 1 atom stereocenters. The number of aromatic nitrogens is 3. The highest BCUT2D eigenvalue weighted by Gasteiger charge is 2.28. The predicted octanol–water partition coefficient (Wildman–Crippen LogP) is 2.85. The first-order chi connectivity index (χ1) is 12.8. The van der Waals surface area contributed by atoms with Crippen molar-refractivity contribution >= 4 is 16.7 Å². The summed E-state index contributed by atoms with van der Waals surface area (Å²) in [5.74, 6) is 1.02. The van der Waals surface area contributed by atoms with Crippen molar-refractivity contribution < 1.29 is 9.53 Å². The van der Waals surface area contributed by atoms with E-state index in [0.29, 0.717) is 19.4 Å². The fourth-order valence-electron chi connectivity index (χ4n) is 3.73. The third kappa shape index (κ3) is 3.14. The topological polar surface area (TPSA) is 60.2 Å². The number of likely N-dealkylation sites (tertiary alicyclic amines) is 1. The number of hydrogen-bond donors (Lipinski definition) is 0. The molecule has 26 heavy (non-hydrogen) atoms. The van der Waals surface area contributed by atoms with E-state index in [1.807, 2.05) is 23.1 Å². The molecule has 0 bridgehead atoms. The van der Waals surface area contributed by atoms with Gasteiger partial charge in [-0.1, -0.05) is 30.3 Å². The number of carbonyl (C=O) groups is 1. The van der Waals surface area contributed by atoms with Gasteiger partial charge in [-0.2, -0.15) is 15.0 Å². The maximum atomic E-state index is 12.7. The Labute approximate surface area is 152 Å². The minimum Gasteiger partial charge on any atom is -0.496 e. The summed E-state index contributed by atoms with van der Waals surface area (Å²) >= 11 is 0. The van der Waals surface area contributed by atoms with E-state index >= 15 is 0 Å². The molecular formula is C20H22N4O2. The third-order valence-electron chi connectivity index (χ3n) is 5.09. The van der Waals surface area contributed by atoms with Crippen LogP contribution in [0.5, 0.6) is 5.75 Å². The molecule has 2 aromatic carbocycles. The SMILES string of the molecule is COc1ccc2ccccc2c1CCC(=O)N1CCC(n2nccn2)C1. The second-order valence-corrected chi connectivity index (χ2v) is 6.60. The van der Waals surface area contributed by atoms with Gasteiger partial charge in [0.1, 0.15) is 5.75 Å². The molecule has 134 valence electrons. The minimum atomic E-state index is 0.176. The number of rotatable bonds is 5. The molecule has 1 fully saturated rings. The average molecular weight is 350 g/mol. The van der Waals surface area contributed by atoms with E-state index in [1.54, 1.807) is 24.3 Å². The zero-order valence-electron chi connectivity index (χ0n) is 14.8. The van der Waals surface area contributed by atoms with E-state index in [4.69, 9.17) is 4.74 Å². The molecule has 0 N–H and O–H groups in total. The van der Waals surface area contributed by atoms with Crippen LogP contribution < -0.4 is 4.74 Å². The van der Waals surface area contributed by atoms with Crippen molar-refractivity contribution in [2.75, 3.05) is 20.2 Å². The number of carbonyl (C=O) groups excluding carboxylic acids is 1. The summed E-state index contributed by atoms with van der Waals surface area (Å²) in [6, 6.07) is 12.4. The first-order valence-corrected chi connectivity index (χ1v) is 8.94. The molecule has 1 aromatic heterocycles. The second-order valence-electron chi connectivity index (χ2n) is 6.60. The van der Waals surface area contributed by atoms with Crippen LogP contribution in [0.3, 0.4) is 0 Å². The van der Waals surface area contributed by atoms with Gasteiger partial charge >= 0.3 is 0 Å². The average Bonchev–Trinajstić information content (AvgIpc) is 3.37. The van der Waals surface area contributed by atoms with Crippen LogP contribution in [0.1, 0.15) is 24.4 Å². The molecule has 4 rings (SSSR count). The monoisotopic (exact) mass is 350 g/mol. The Bertz CT molecular complexity index is 907. The molecule has 0 radical (unpaired) electrons.